The van der Waals surface area contributed by atoms with Gasteiger partial charge in [0, 0.05) is 30.0 Å². The minimum atomic E-state index is 0. The number of nitrogens with one attached hydrogen (secondary N) is 1. The highest BCUT2D eigenvalue weighted by molar-refractivity contribution is 7.08. The van der Waals surface area contributed by atoms with E-state index in [2.05, 4.69) is 16.1 Å². The summed E-state index contributed by atoms with van der Waals surface area (Å²) in [7, 11) is 3.28. The van der Waals surface area contributed by atoms with Gasteiger partial charge in [-0.1, -0.05) is 6.07 Å². The average molecular weight is 442 g/mol. The van der Waals surface area contributed by atoms with Crippen molar-refractivity contribution in [3.63, 3.8) is 0 Å². The number of hydrogen-bond donors (Lipinski definition) is 3. The van der Waals surface area contributed by atoms with E-state index in [1.807, 2.05) is 36.4 Å². The number of benzene rings is 2. The minimum absolute atomic E-state index is 0. The summed E-state index contributed by atoms with van der Waals surface area (Å²) in [5, 5.41) is 7.72. The lowest BCUT2D eigenvalue weighted by molar-refractivity contribution is 0.354. The molecule has 0 aliphatic rings. The fraction of sp³-hybridized carbons (Fsp3) is 0.200. The van der Waals surface area contributed by atoms with Gasteiger partial charge in [0.05, 0.1) is 14.2 Å². The molecule has 0 saturated carbocycles. The van der Waals surface area contributed by atoms with Gasteiger partial charge in [-0.25, -0.2) is 0 Å². The Morgan fingerprint density at radius 3 is 2.32 bits per heavy atom. The van der Waals surface area contributed by atoms with Crippen LogP contribution in [0.5, 0.6) is 11.5 Å². The van der Waals surface area contributed by atoms with E-state index in [9.17, 15) is 0 Å². The molecule has 0 spiro atoms. The van der Waals surface area contributed by atoms with E-state index in [1.165, 1.54) is 5.56 Å². The maximum atomic E-state index is 6.13. The fourth-order valence-electron chi connectivity index (χ4n) is 2.84. The van der Waals surface area contributed by atoms with E-state index in [0.29, 0.717) is 5.69 Å². The molecule has 0 amide bonds. The van der Waals surface area contributed by atoms with Crippen LogP contribution in [-0.2, 0) is 13.1 Å². The van der Waals surface area contributed by atoms with Crippen molar-refractivity contribution in [1.82, 2.24) is 5.32 Å². The Kier molecular flexibility index (Phi) is 9.41. The van der Waals surface area contributed by atoms with E-state index < -0.39 is 0 Å². The minimum Gasteiger partial charge on any atom is -0.493 e. The standard InChI is InChI=1S/C20H23N3O2S.2ClH/c1-24-19-6-3-13(7-20(19)25-2)9-23-10-14-11-26-12-17(14)16-8-15(21)4-5-18(16)22;;/h3-8,11-12,23H,9-10,21-22H2,1-2H3;2*1H. The van der Waals surface area contributed by atoms with Crippen LogP contribution < -0.4 is 26.3 Å². The SMILES string of the molecule is COc1ccc(CNCc2cscc2-c2cc(N)ccc2N)cc1OC.Cl.Cl. The molecule has 5 nitrogen and oxygen atoms in total. The van der Waals surface area contributed by atoms with Gasteiger partial charge in [0.25, 0.3) is 0 Å². The van der Waals surface area contributed by atoms with Crippen molar-refractivity contribution in [2.24, 2.45) is 0 Å². The van der Waals surface area contributed by atoms with Gasteiger partial charge >= 0.3 is 0 Å². The van der Waals surface area contributed by atoms with Crippen molar-refractivity contribution in [3.05, 3.63) is 58.3 Å². The second-order valence-corrected chi connectivity index (χ2v) is 6.69. The monoisotopic (exact) mass is 441 g/mol. The first-order valence-corrected chi connectivity index (χ1v) is 9.18. The second-order valence-electron chi connectivity index (χ2n) is 5.95. The largest absolute Gasteiger partial charge is 0.493 e. The number of nitrogen functional groups attached to an aromatic ring is 2. The van der Waals surface area contributed by atoms with Gasteiger partial charge in [0.2, 0.25) is 0 Å². The third-order valence-electron chi connectivity index (χ3n) is 4.20. The molecule has 0 unspecified atom stereocenters. The summed E-state index contributed by atoms with van der Waals surface area (Å²) in [6, 6.07) is 11.5. The van der Waals surface area contributed by atoms with Crippen molar-refractivity contribution in [1.29, 1.82) is 0 Å². The predicted molar refractivity (Wildman–Crippen MR) is 123 cm³/mol. The van der Waals surface area contributed by atoms with E-state index >= 15 is 0 Å². The lowest BCUT2D eigenvalue weighted by Crippen LogP contribution is -2.13. The van der Waals surface area contributed by atoms with Crippen LogP contribution in [0.2, 0.25) is 0 Å². The van der Waals surface area contributed by atoms with Crippen molar-refractivity contribution in [2.75, 3.05) is 25.7 Å². The first-order valence-electron chi connectivity index (χ1n) is 8.24. The highest BCUT2D eigenvalue weighted by Gasteiger charge is 2.10. The fourth-order valence-corrected chi connectivity index (χ4v) is 3.69. The molecule has 1 heterocycles. The normalized spacial score (nSPS) is 9.93. The van der Waals surface area contributed by atoms with E-state index in [4.69, 9.17) is 20.9 Å². The predicted octanol–water partition coefficient (Wildman–Crippen LogP) is 4.73. The number of thiophene rings is 1. The zero-order chi connectivity index (χ0) is 18.5. The topological polar surface area (TPSA) is 82.5 Å². The molecule has 2 aromatic carbocycles. The molecule has 0 aliphatic heterocycles. The van der Waals surface area contributed by atoms with Gasteiger partial charge in [-0.15, -0.1) is 24.8 Å². The molecule has 0 bridgehead atoms. The Bertz CT molecular complexity index is 903. The number of methoxy groups -OCH3 is 2. The van der Waals surface area contributed by atoms with Gasteiger partial charge in [-0.3, -0.25) is 0 Å². The smallest absolute Gasteiger partial charge is 0.161 e. The van der Waals surface area contributed by atoms with Gasteiger partial charge in [0.1, 0.15) is 0 Å². The zero-order valence-corrected chi connectivity index (χ0v) is 18.2. The highest BCUT2D eigenvalue weighted by Crippen LogP contribution is 2.33. The molecule has 0 atom stereocenters. The molecule has 1 aromatic heterocycles. The zero-order valence-electron chi connectivity index (χ0n) is 15.7. The van der Waals surface area contributed by atoms with Crippen molar-refractivity contribution in [2.45, 2.75) is 13.1 Å². The molecule has 0 fully saturated rings. The number of rotatable bonds is 7. The van der Waals surface area contributed by atoms with Gasteiger partial charge < -0.3 is 26.3 Å². The van der Waals surface area contributed by atoms with Gasteiger partial charge in [0.15, 0.2) is 11.5 Å². The number of ether oxygens (including phenoxy) is 2. The molecule has 3 aromatic rings. The van der Waals surface area contributed by atoms with E-state index in [0.717, 1.165) is 47.0 Å². The molecule has 5 N–H and O–H groups in total. The first-order chi connectivity index (χ1) is 12.6. The molecule has 8 heteroatoms. The van der Waals surface area contributed by atoms with Crippen molar-refractivity contribution >= 4 is 47.5 Å². The second kappa shape index (κ2) is 11.0. The molecule has 152 valence electrons. The van der Waals surface area contributed by atoms with Crippen LogP contribution in [0.3, 0.4) is 0 Å². The Hall–Kier alpha value is -2.12. The maximum Gasteiger partial charge on any atom is 0.161 e. The maximum absolute atomic E-state index is 6.13. The van der Waals surface area contributed by atoms with Gasteiger partial charge in [-0.2, -0.15) is 11.3 Å². The third-order valence-corrected chi connectivity index (χ3v) is 4.99. The summed E-state index contributed by atoms with van der Waals surface area (Å²) in [6.07, 6.45) is 0. The Balaban J connectivity index is 0.00000196. The van der Waals surface area contributed by atoms with E-state index in [1.54, 1.807) is 25.6 Å². The molecular formula is C20H25Cl2N3O2S. The third kappa shape index (κ3) is 5.45. The molecule has 28 heavy (non-hydrogen) atoms. The number of nitrogens with two attached hydrogens (primary N) is 2. The van der Waals surface area contributed by atoms with Crippen LogP contribution in [0.4, 0.5) is 11.4 Å². The number of halogens is 2. The van der Waals surface area contributed by atoms with Crippen LogP contribution >= 0.6 is 36.2 Å². The number of anilines is 2. The Labute approximate surface area is 181 Å². The van der Waals surface area contributed by atoms with E-state index in [-0.39, 0.29) is 24.8 Å². The molecule has 0 aliphatic carbocycles. The number of hydrogen-bond acceptors (Lipinski definition) is 6. The molecular weight excluding hydrogens is 417 g/mol. The van der Waals surface area contributed by atoms with Crippen LogP contribution in [0.15, 0.2) is 47.2 Å². The Morgan fingerprint density at radius 1 is 0.857 bits per heavy atom. The summed E-state index contributed by atoms with van der Waals surface area (Å²) in [6.45, 7) is 1.46. The quantitative estimate of drug-likeness (QED) is 0.461. The van der Waals surface area contributed by atoms with Crippen molar-refractivity contribution in [3.8, 4) is 22.6 Å². The average Bonchev–Trinajstić information content (AvgIpc) is 3.11. The van der Waals surface area contributed by atoms with Crippen LogP contribution in [0, 0.1) is 0 Å². The molecule has 0 saturated heterocycles. The summed E-state index contributed by atoms with van der Waals surface area (Å²) >= 11 is 1.66. The van der Waals surface area contributed by atoms with Gasteiger partial charge in [-0.05, 0) is 57.8 Å². The Morgan fingerprint density at radius 2 is 1.61 bits per heavy atom. The van der Waals surface area contributed by atoms with Crippen LogP contribution in [-0.4, -0.2) is 14.2 Å². The first kappa shape index (κ1) is 23.9. The summed E-state index contributed by atoms with van der Waals surface area (Å²) in [5.74, 6) is 1.46. The lowest BCUT2D eigenvalue weighted by Gasteiger charge is -2.11. The summed E-state index contributed by atoms with van der Waals surface area (Å²) in [5.41, 5.74) is 17.9. The van der Waals surface area contributed by atoms with Crippen LogP contribution in [0.25, 0.3) is 11.1 Å². The van der Waals surface area contributed by atoms with Crippen molar-refractivity contribution < 1.29 is 9.47 Å². The van der Waals surface area contributed by atoms with Crippen LogP contribution in [0.1, 0.15) is 11.1 Å². The summed E-state index contributed by atoms with van der Waals surface area (Å²) in [4.78, 5) is 0. The molecule has 3 rings (SSSR count). The molecule has 0 radical (unpaired) electrons. The highest BCUT2D eigenvalue weighted by atomic mass is 35.5. The lowest BCUT2D eigenvalue weighted by atomic mass is 10.0. The summed E-state index contributed by atoms with van der Waals surface area (Å²) < 4.78 is 10.6.